The van der Waals surface area contributed by atoms with Gasteiger partial charge in [0, 0.05) is 13.1 Å². The van der Waals surface area contributed by atoms with Crippen LogP contribution in [0.1, 0.15) is 25.8 Å². The van der Waals surface area contributed by atoms with Crippen molar-refractivity contribution in [1.82, 2.24) is 15.1 Å². The van der Waals surface area contributed by atoms with Crippen LogP contribution in [-0.2, 0) is 6.54 Å². The fourth-order valence-corrected chi connectivity index (χ4v) is 1.97. The van der Waals surface area contributed by atoms with Crippen LogP contribution in [0, 0.1) is 0 Å². The van der Waals surface area contributed by atoms with E-state index in [4.69, 9.17) is 0 Å². The molecule has 0 unspecified atom stereocenters. The first-order chi connectivity index (χ1) is 6.67. The molecule has 1 aromatic rings. The zero-order valence-electron chi connectivity index (χ0n) is 9.24. The SMILES string of the molecule is CCN(Cc1nnc(NC)s1)C(C)C. The second-order valence-corrected chi connectivity index (χ2v) is 4.47. The number of hydrogen-bond donors (Lipinski definition) is 1. The average molecular weight is 214 g/mol. The average Bonchev–Trinajstić information content (AvgIpc) is 2.61. The first kappa shape index (κ1) is 11.4. The first-order valence-electron chi connectivity index (χ1n) is 4.91. The van der Waals surface area contributed by atoms with Gasteiger partial charge in [-0.05, 0) is 20.4 Å². The van der Waals surface area contributed by atoms with Gasteiger partial charge in [0.2, 0.25) is 5.13 Å². The Bertz CT molecular complexity index is 272. The molecule has 1 aromatic heterocycles. The topological polar surface area (TPSA) is 41.1 Å². The van der Waals surface area contributed by atoms with E-state index in [9.17, 15) is 0 Å². The van der Waals surface area contributed by atoms with E-state index in [1.165, 1.54) is 0 Å². The van der Waals surface area contributed by atoms with Gasteiger partial charge in [0.25, 0.3) is 0 Å². The molecule has 0 aliphatic carbocycles. The van der Waals surface area contributed by atoms with E-state index in [0.717, 1.165) is 23.2 Å². The summed E-state index contributed by atoms with van der Waals surface area (Å²) in [7, 11) is 1.87. The Kier molecular flexibility index (Phi) is 4.28. The fraction of sp³-hybridized carbons (Fsp3) is 0.778. The molecule has 1 rings (SSSR count). The Labute approximate surface area is 89.3 Å². The van der Waals surface area contributed by atoms with Crippen LogP contribution in [-0.4, -0.2) is 34.7 Å². The van der Waals surface area contributed by atoms with Crippen LogP contribution in [0.4, 0.5) is 5.13 Å². The monoisotopic (exact) mass is 214 g/mol. The number of aromatic nitrogens is 2. The molecule has 0 amide bonds. The van der Waals surface area contributed by atoms with Crippen LogP contribution in [0.5, 0.6) is 0 Å². The van der Waals surface area contributed by atoms with Crippen molar-refractivity contribution in [3.63, 3.8) is 0 Å². The Morgan fingerprint density at radius 1 is 1.43 bits per heavy atom. The van der Waals surface area contributed by atoms with E-state index in [0.29, 0.717) is 6.04 Å². The molecule has 80 valence electrons. The number of anilines is 1. The summed E-state index contributed by atoms with van der Waals surface area (Å²) in [5.74, 6) is 0. The molecule has 5 heteroatoms. The molecule has 0 atom stereocenters. The summed E-state index contributed by atoms with van der Waals surface area (Å²) in [6, 6.07) is 0.557. The highest BCUT2D eigenvalue weighted by atomic mass is 32.1. The van der Waals surface area contributed by atoms with Crippen LogP contribution in [0.15, 0.2) is 0 Å². The summed E-state index contributed by atoms with van der Waals surface area (Å²) in [6.07, 6.45) is 0. The van der Waals surface area contributed by atoms with Gasteiger partial charge in [0.05, 0.1) is 6.54 Å². The third kappa shape index (κ3) is 2.92. The maximum Gasteiger partial charge on any atom is 0.205 e. The van der Waals surface area contributed by atoms with E-state index in [2.05, 4.69) is 41.2 Å². The summed E-state index contributed by atoms with van der Waals surface area (Å²) >= 11 is 1.62. The summed E-state index contributed by atoms with van der Waals surface area (Å²) < 4.78 is 0. The Morgan fingerprint density at radius 3 is 2.57 bits per heavy atom. The van der Waals surface area contributed by atoms with Crippen LogP contribution in [0.2, 0.25) is 0 Å². The number of nitrogens with one attached hydrogen (secondary N) is 1. The quantitative estimate of drug-likeness (QED) is 0.811. The van der Waals surface area contributed by atoms with Crippen molar-refractivity contribution in [2.24, 2.45) is 0 Å². The van der Waals surface area contributed by atoms with Gasteiger partial charge in [-0.3, -0.25) is 4.90 Å². The summed E-state index contributed by atoms with van der Waals surface area (Å²) in [5.41, 5.74) is 0. The molecule has 0 fully saturated rings. The molecule has 4 nitrogen and oxygen atoms in total. The predicted molar refractivity (Wildman–Crippen MR) is 60.7 cm³/mol. The van der Waals surface area contributed by atoms with Gasteiger partial charge < -0.3 is 5.32 Å². The Morgan fingerprint density at radius 2 is 2.14 bits per heavy atom. The van der Waals surface area contributed by atoms with E-state index >= 15 is 0 Å². The van der Waals surface area contributed by atoms with Gasteiger partial charge in [0.1, 0.15) is 5.01 Å². The largest absolute Gasteiger partial charge is 0.363 e. The van der Waals surface area contributed by atoms with Crippen molar-refractivity contribution in [2.45, 2.75) is 33.4 Å². The minimum Gasteiger partial charge on any atom is -0.363 e. The molecule has 14 heavy (non-hydrogen) atoms. The van der Waals surface area contributed by atoms with Gasteiger partial charge in [-0.15, -0.1) is 10.2 Å². The molecule has 0 saturated carbocycles. The normalized spacial score (nSPS) is 11.3. The molecule has 0 radical (unpaired) electrons. The van der Waals surface area contributed by atoms with Gasteiger partial charge in [-0.1, -0.05) is 18.3 Å². The minimum absolute atomic E-state index is 0.557. The summed E-state index contributed by atoms with van der Waals surface area (Å²) in [5, 5.41) is 13.1. The van der Waals surface area contributed by atoms with Crippen LogP contribution >= 0.6 is 11.3 Å². The lowest BCUT2D eigenvalue weighted by Gasteiger charge is -2.22. The van der Waals surface area contributed by atoms with E-state index < -0.39 is 0 Å². The molecule has 1 heterocycles. The zero-order valence-corrected chi connectivity index (χ0v) is 10.1. The molecule has 1 N–H and O–H groups in total. The smallest absolute Gasteiger partial charge is 0.205 e. The van der Waals surface area contributed by atoms with Gasteiger partial charge in [0.15, 0.2) is 0 Å². The summed E-state index contributed by atoms with van der Waals surface area (Å²) in [4.78, 5) is 2.36. The molecule has 0 aliphatic heterocycles. The van der Waals surface area contributed by atoms with Crippen LogP contribution < -0.4 is 5.32 Å². The van der Waals surface area contributed by atoms with Gasteiger partial charge in [-0.2, -0.15) is 0 Å². The number of rotatable bonds is 5. The second kappa shape index (κ2) is 5.26. The van der Waals surface area contributed by atoms with Crippen molar-refractivity contribution < 1.29 is 0 Å². The van der Waals surface area contributed by atoms with E-state index in [1.807, 2.05) is 7.05 Å². The first-order valence-corrected chi connectivity index (χ1v) is 5.73. The van der Waals surface area contributed by atoms with Crippen molar-refractivity contribution in [3.05, 3.63) is 5.01 Å². The van der Waals surface area contributed by atoms with Crippen molar-refractivity contribution >= 4 is 16.5 Å². The molecular formula is C9H18N4S. The molecule has 0 saturated heterocycles. The maximum absolute atomic E-state index is 4.12. The van der Waals surface area contributed by atoms with Gasteiger partial charge >= 0.3 is 0 Å². The summed E-state index contributed by atoms with van der Waals surface area (Å²) in [6.45, 7) is 8.51. The lowest BCUT2D eigenvalue weighted by atomic mass is 10.3. The highest BCUT2D eigenvalue weighted by Crippen LogP contribution is 2.16. The van der Waals surface area contributed by atoms with E-state index in [1.54, 1.807) is 11.3 Å². The van der Waals surface area contributed by atoms with Crippen molar-refractivity contribution in [1.29, 1.82) is 0 Å². The standard InChI is InChI=1S/C9H18N4S/c1-5-13(7(2)3)6-8-11-12-9(10-4)14-8/h7H,5-6H2,1-4H3,(H,10,12). The predicted octanol–water partition coefficient (Wildman–Crippen LogP) is 1.81. The second-order valence-electron chi connectivity index (χ2n) is 3.41. The van der Waals surface area contributed by atoms with Gasteiger partial charge in [-0.25, -0.2) is 0 Å². The van der Waals surface area contributed by atoms with Crippen LogP contribution in [0.25, 0.3) is 0 Å². The fourth-order valence-electron chi connectivity index (χ4n) is 1.25. The highest BCUT2D eigenvalue weighted by Gasteiger charge is 2.10. The lowest BCUT2D eigenvalue weighted by molar-refractivity contribution is 0.224. The van der Waals surface area contributed by atoms with Crippen LogP contribution in [0.3, 0.4) is 0 Å². The molecule has 0 bridgehead atoms. The highest BCUT2D eigenvalue weighted by molar-refractivity contribution is 7.15. The zero-order chi connectivity index (χ0) is 10.6. The third-order valence-electron chi connectivity index (χ3n) is 2.16. The Hall–Kier alpha value is -0.680. The number of hydrogen-bond acceptors (Lipinski definition) is 5. The number of nitrogens with zero attached hydrogens (tertiary/aromatic N) is 3. The van der Waals surface area contributed by atoms with Crippen molar-refractivity contribution in [3.8, 4) is 0 Å². The molecular weight excluding hydrogens is 196 g/mol. The van der Waals surface area contributed by atoms with E-state index in [-0.39, 0.29) is 0 Å². The lowest BCUT2D eigenvalue weighted by Crippen LogP contribution is -2.29. The molecule has 0 spiro atoms. The van der Waals surface area contributed by atoms with Crippen molar-refractivity contribution in [2.75, 3.05) is 18.9 Å². The molecule has 0 aliphatic rings. The third-order valence-corrected chi connectivity index (χ3v) is 3.08. The Balaban J connectivity index is 2.57. The maximum atomic E-state index is 4.12. The minimum atomic E-state index is 0.557. The molecule has 0 aromatic carbocycles.